The van der Waals surface area contributed by atoms with Crippen LogP contribution in [0.1, 0.15) is 51.5 Å². The minimum absolute atomic E-state index is 0.133. The van der Waals surface area contributed by atoms with Crippen LogP contribution in [0.25, 0.3) is 10.8 Å². The van der Waals surface area contributed by atoms with Crippen molar-refractivity contribution in [1.29, 1.82) is 0 Å². The number of hydrogen-bond donors (Lipinski definition) is 1. The molecule has 38 heavy (non-hydrogen) atoms. The van der Waals surface area contributed by atoms with Gasteiger partial charge in [0.25, 0.3) is 10.0 Å². The van der Waals surface area contributed by atoms with Crippen molar-refractivity contribution in [1.82, 2.24) is 10.2 Å². The van der Waals surface area contributed by atoms with Crippen LogP contribution in [0.15, 0.2) is 71.6 Å². The van der Waals surface area contributed by atoms with Gasteiger partial charge in [-0.15, -0.1) is 0 Å². The Labute approximate surface area is 225 Å². The van der Waals surface area contributed by atoms with Crippen molar-refractivity contribution >= 4 is 38.3 Å². The lowest BCUT2D eigenvalue weighted by molar-refractivity contribution is -0.140. The van der Waals surface area contributed by atoms with Crippen LogP contribution in [0.2, 0.25) is 0 Å². The first-order valence-electron chi connectivity index (χ1n) is 13.5. The first-order chi connectivity index (χ1) is 18.4. The number of anilines is 1. The lowest BCUT2D eigenvalue weighted by Crippen LogP contribution is -2.50. The molecule has 0 saturated carbocycles. The summed E-state index contributed by atoms with van der Waals surface area (Å²) in [6.07, 6.45) is 3.54. The molecule has 0 aliphatic carbocycles. The molecule has 3 aromatic rings. The van der Waals surface area contributed by atoms with Crippen LogP contribution in [0.4, 0.5) is 5.69 Å². The number of carbonyl (C=O) groups is 2. The zero-order valence-electron chi connectivity index (χ0n) is 22.2. The van der Waals surface area contributed by atoms with Crippen molar-refractivity contribution in [2.45, 2.75) is 63.3 Å². The summed E-state index contributed by atoms with van der Waals surface area (Å²) in [5, 5.41) is 4.60. The first kappa shape index (κ1) is 27.6. The zero-order chi connectivity index (χ0) is 27.1. The zero-order valence-corrected chi connectivity index (χ0v) is 23.0. The Hall–Kier alpha value is -3.39. The predicted molar refractivity (Wildman–Crippen MR) is 152 cm³/mol. The van der Waals surface area contributed by atoms with Gasteiger partial charge in [-0.1, -0.05) is 74.9 Å². The molecule has 1 aliphatic heterocycles. The Bertz CT molecular complexity index is 1370. The van der Waals surface area contributed by atoms with Crippen molar-refractivity contribution < 1.29 is 18.0 Å². The van der Waals surface area contributed by atoms with Gasteiger partial charge in [0.05, 0.1) is 10.6 Å². The Morgan fingerprint density at radius 2 is 1.68 bits per heavy atom. The molecule has 3 aromatic carbocycles. The molecular formula is C30H37N3O4S. The van der Waals surface area contributed by atoms with Gasteiger partial charge in [0.15, 0.2) is 0 Å². The van der Waals surface area contributed by atoms with Gasteiger partial charge < -0.3 is 10.2 Å². The van der Waals surface area contributed by atoms with Crippen LogP contribution in [0, 0.1) is 0 Å². The van der Waals surface area contributed by atoms with Crippen molar-refractivity contribution in [2.75, 3.05) is 23.9 Å². The molecule has 0 aromatic heterocycles. The summed E-state index contributed by atoms with van der Waals surface area (Å²) >= 11 is 0. The van der Waals surface area contributed by atoms with E-state index in [-0.39, 0.29) is 24.8 Å². The lowest BCUT2D eigenvalue weighted by Gasteiger charge is -2.31. The van der Waals surface area contributed by atoms with Gasteiger partial charge in [0.1, 0.15) is 6.04 Å². The highest BCUT2D eigenvalue weighted by Gasteiger charge is 2.35. The monoisotopic (exact) mass is 535 g/mol. The SMILES string of the molecule is CCCCNC(=O)[C@H](CC)N(CCc1ccccc1)C(=O)CCCN1c2cccc3cccc(c23)S1(=O)=O. The fourth-order valence-electron chi connectivity index (χ4n) is 5.12. The van der Waals surface area contributed by atoms with Gasteiger partial charge in [-0.2, -0.15) is 0 Å². The largest absolute Gasteiger partial charge is 0.354 e. The topological polar surface area (TPSA) is 86.8 Å². The summed E-state index contributed by atoms with van der Waals surface area (Å²) in [5.74, 6) is -0.266. The van der Waals surface area contributed by atoms with E-state index in [1.807, 2.05) is 61.5 Å². The molecule has 1 aliphatic rings. The van der Waals surface area contributed by atoms with Crippen LogP contribution in [0.3, 0.4) is 0 Å². The number of rotatable bonds is 13. The van der Waals surface area contributed by atoms with Crippen LogP contribution in [-0.4, -0.2) is 50.8 Å². The van der Waals surface area contributed by atoms with E-state index in [1.165, 1.54) is 4.31 Å². The van der Waals surface area contributed by atoms with Crippen LogP contribution < -0.4 is 9.62 Å². The number of sulfonamides is 1. The molecule has 202 valence electrons. The number of carbonyl (C=O) groups excluding carboxylic acids is 2. The average molecular weight is 536 g/mol. The molecule has 1 heterocycles. The maximum atomic E-state index is 13.5. The number of nitrogens with one attached hydrogen (secondary N) is 1. The molecule has 1 atom stereocenters. The predicted octanol–water partition coefficient (Wildman–Crippen LogP) is 4.89. The summed E-state index contributed by atoms with van der Waals surface area (Å²) in [6.45, 7) is 5.20. The summed E-state index contributed by atoms with van der Waals surface area (Å²) in [6, 6.07) is 20.2. The molecule has 0 saturated heterocycles. The van der Waals surface area contributed by atoms with E-state index in [1.54, 1.807) is 17.0 Å². The molecule has 4 rings (SSSR count). The minimum atomic E-state index is -3.67. The van der Waals surface area contributed by atoms with E-state index >= 15 is 0 Å². The summed E-state index contributed by atoms with van der Waals surface area (Å²) in [4.78, 5) is 28.5. The van der Waals surface area contributed by atoms with Gasteiger partial charge in [0, 0.05) is 31.4 Å². The van der Waals surface area contributed by atoms with Gasteiger partial charge in [0.2, 0.25) is 11.8 Å². The fraction of sp³-hybridized carbons (Fsp3) is 0.400. The number of unbranched alkanes of at least 4 members (excludes halogenated alkanes) is 1. The summed E-state index contributed by atoms with van der Waals surface area (Å²) in [5.41, 5.74) is 1.76. The second kappa shape index (κ2) is 12.4. The van der Waals surface area contributed by atoms with E-state index in [9.17, 15) is 18.0 Å². The Morgan fingerprint density at radius 1 is 0.947 bits per heavy atom. The molecule has 2 amide bonds. The molecule has 0 fully saturated rings. The second-order valence-electron chi connectivity index (χ2n) is 9.70. The fourth-order valence-corrected chi connectivity index (χ4v) is 6.87. The third-order valence-electron chi connectivity index (χ3n) is 7.13. The highest BCUT2D eigenvalue weighted by molar-refractivity contribution is 7.93. The third kappa shape index (κ3) is 5.85. The third-order valence-corrected chi connectivity index (χ3v) is 8.99. The molecule has 0 radical (unpaired) electrons. The summed E-state index contributed by atoms with van der Waals surface area (Å²) < 4.78 is 28.0. The number of benzene rings is 3. The van der Waals surface area contributed by atoms with Crippen LogP contribution in [0.5, 0.6) is 0 Å². The molecular weight excluding hydrogens is 498 g/mol. The highest BCUT2D eigenvalue weighted by atomic mass is 32.2. The van der Waals surface area contributed by atoms with E-state index in [0.717, 1.165) is 29.2 Å². The normalized spacial score (nSPS) is 14.4. The molecule has 0 spiro atoms. The van der Waals surface area contributed by atoms with Crippen molar-refractivity contribution in [3.63, 3.8) is 0 Å². The molecule has 8 heteroatoms. The van der Waals surface area contributed by atoms with E-state index < -0.39 is 16.1 Å². The average Bonchev–Trinajstić information content (AvgIpc) is 3.14. The quantitative estimate of drug-likeness (QED) is 0.316. The smallest absolute Gasteiger partial charge is 0.265 e. The minimum Gasteiger partial charge on any atom is -0.354 e. The first-order valence-corrected chi connectivity index (χ1v) is 15.0. The standard InChI is InChI=1S/C30H37N3O4S/c1-3-5-20-31-30(35)25(4-2)32(22-19-23-12-7-6-8-13-23)28(34)18-11-21-33-26-16-9-14-24-15-10-17-27(29(24)26)38(33,36)37/h6-10,12-17,25H,3-5,11,18-22H2,1-2H3,(H,31,35)/t25-/m0/s1. The van der Waals surface area contributed by atoms with Gasteiger partial charge in [-0.25, -0.2) is 8.42 Å². The van der Waals surface area contributed by atoms with Crippen molar-refractivity contribution in [2.24, 2.45) is 0 Å². The summed E-state index contributed by atoms with van der Waals surface area (Å²) in [7, 11) is -3.67. The Kier molecular flexibility index (Phi) is 9.05. The Morgan fingerprint density at radius 3 is 2.39 bits per heavy atom. The lowest BCUT2D eigenvalue weighted by atomic mass is 10.1. The maximum absolute atomic E-state index is 13.5. The van der Waals surface area contributed by atoms with Crippen molar-refractivity contribution in [3.05, 3.63) is 72.3 Å². The van der Waals surface area contributed by atoms with E-state index in [0.29, 0.717) is 42.9 Å². The molecule has 0 unspecified atom stereocenters. The number of nitrogens with zero attached hydrogens (tertiary/aromatic N) is 2. The van der Waals surface area contributed by atoms with Crippen LogP contribution in [-0.2, 0) is 26.0 Å². The highest BCUT2D eigenvalue weighted by Crippen LogP contribution is 2.42. The molecule has 0 bridgehead atoms. The van der Waals surface area contributed by atoms with Gasteiger partial charge in [-0.3, -0.25) is 13.9 Å². The molecule has 1 N–H and O–H groups in total. The Balaban J connectivity index is 1.46. The second-order valence-corrected chi connectivity index (χ2v) is 11.5. The maximum Gasteiger partial charge on any atom is 0.265 e. The van der Waals surface area contributed by atoms with Gasteiger partial charge >= 0.3 is 0 Å². The van der Waals surface area contributed by atoms with Crippen LogP contribution >= 0.6 is 0 Å². The molecule has 7 nitrogen and oxygen atoms in total. The number of amides is 2. The van der Waals surface area contributed by atoms with Gasteiger partial charge in [-0.05, 0) is 48.8 Å². The number of hydrogen-bond acceptors (Lipinski definition) is 4. The van der Waals surface area contributed by atoms with Crippen molar-refractivity contribution in [3.8, 4) is 0 Å². The van der Waals surface area contributed by atoms with E-state index in [2.05, 4.69) is 12.2 Å². The van der Waals surface area contributed by atoms with E-state index in [4.69, 9.17) is 0 Å².